The Hall–Kier alpha value is -2.74. The predicted molar refractivity (Wildman–Crippen MR) is 84.2 cm³/mol. The van der Waals surface area contributed by atoms with Gasteiger partial charge < -0.3 is 5.11 Å². The normalized spacial score (nSPS) is 10.9. The van der Waals surface area contributed by atoms with Crippen LogP contribution >= 0.6 is 11.3 Å². The van der Waals surface area contributed by atoms with Gasteiger partial charge >= 0.3 is 5.69 Å². The van der Waals surface area contributed by atoms with E-state index in [2.05, 4.69) is 4.98 Å². The van der Waals surface area contributed by atoms with Crippen molar-refractivity contribution in [2.24, 2.45) is 7.05 Å². The highest BCUT2D eigenvalue weighted by atomic mass is 32.1. The highest BCUT2D eigenvalue weighted by molar-refractivity contribution is 7.15. The zero-order valence-electron chi connectivity index (χ0n) is 12.1. The number of aromatic hydroxyl groups is 1. The average molecular weight is 333 g/mol. The number of thiazole rings is 1. The lowest BCUT2D eigenvalue weighted by molar-refractivity contribution is 0.433. The highest BCUT2D eigenvalue weighted by Crippen LogP contribution is 2.31. The Morgan fingerprint density at radius 2 is 2.09 bits per heavy atom. The zero-order valence-corrected chi connectivity index (χ0v) is 12.9. The smallest absolute Gasteiger partial charge is 0.331 e. The summed E-state index contributed by atoms with van der Waals surface area (Å²) in [6.45, 7) is 0.227. The summed E-state index contributed by atoms with van der Waals surface area (Å²) < 4.78 is 16.3. The van der Waals surface area contributed by atoms with Crippen molar-refractivity contribution in [2.45, 2.75) is 6.54 Å². The Morgan fingerprint density at radius 1 is 1.30 bits per heavy atom. The van der Waals surface area contributed by atoms with E-state index in [1.165, 1.54) is 53.4 Å². The lowest BCUT2D eigenvalue weighted by Gasteiger charge is -2.04. The fourth-order valence-electron chi connectivity index (χ4n) is 2.09. The van der Waals surface area contributed by atoms with Crippen LogP contribution in [-0.4, -0.2) is 19.2 Å². The van der Waals surface area contributed by atoms with Crippen LogP contribution in [0.2, 0.25) is 0 Å². The van der Waals surface area contributed by atoms with E-state index in [9.17, 15) is 19.1 Å². The van der Waals surface area contributed by atoms with E-state index in [1.54, 1.807) is 6.20 Å². The molecule has 0 saturated heterocycles. The van der Waals surface area contributed by atoms with Crippen molar-refractivity contribution in [2.75, 3.05) is 0 Å². The fourth-order valence-corrected chi connectivity index (χ4v) is 3.02. The van der Waals surface area contributed by atoms with Gasteiger partial charge in [0.25, 0.3) is 5.56 Å². The molecule has 8 heteroatoms. The third kappa shape index (κ3) is 2.80. The Balaban J connectivity index is 1.94. The fraction of sp³-hybridized carbons (Fsp3) is 0.133. The molecule has 1 N–H and O–H groups in total. The lowest BCUT2D eigenvalue weighted by Crippen LogP contribution is -2.36. The number of rotatable bonds is 3. The summed E-state index contributed by atoms with van der Waals surface area (Å²) in [7, 11) is 1.40. The molecule has 3 rings (SSSR count). The monoisotopic (exact) mass is 333 g/mol. The SMILES string of the molecule is Cn1c(=O)ccn(Cc2cnc(-c3cccc(O)c3F)s2)c1=O. The molecule has 6 nitrogen and oxygen atoms in total. The van der Waals surface area contributed by atoms with Crippen LogP contribution in [0.3, 0.4) is 0 Å². The number of nitrogens with zero attached hydrogens (tertiary/aromatic N) is 3. The first-order valence-corrected chi connectivity index (χ1v) is 7.48. The Bertz CT molecular complexity index is 990. The summed E-state index contributed by atoms with van der Waals surface area (Å²) >= 11 is 1.21. The molecule has 0 aliphatic rings. The molecule has 0 fully saturated rings. The van der Waals surface area contributed by atoms with Gasteiger partial charge in [-0.05, 0) is 12.1 Å². The summed E-state index contributed by atoms with van der Waals surface area (Å²) in [5.41, 5.74) is -0.608. The van der Waals surface area contributed by atoms with Gasteiger partial charge in [0.15, 0.2) is 11.6 Å². The van der Waals surface area contributed by atoms with Gasteiger partial charge in [-0.2, -0.15) is 0 Å². The summed E-state index contributed by atoms with van der Waals surface area (Å²) in [6.07, 6.45) is 2.96. The van der Waals surface area contributed by atoms with Gasteiger partial charge in [-0.25, -0.2) is 14.2 Å². The molecule has 2 heterocycles. The second-order valence-corrected chi connectivity index (χ2v) is 6.01. The first-order chi connectivity index (χ1) is 11.0. The van der Waals surface area contributed by atoms with E-state index in [0.29, 0.717) is 5.01 Å². The van der Waals surface area contributed by atoms with Crippen molar-refractivity contribution < 1.29 is 9.50 Å². The predicted octanol–water partition coefficient (Wildman–Crippen LogP) is 1.56. The average Bonchev–Trinajstić information content (AvgIpc) is 2.99. The molecule has 0 atom stereocenters. The van der Waals surface area contributed by atoms with Crippen molar-refractivity contribution in [1.82, 2.24) is 14.1 Å². The van der Waals surface area contributed by atoms with Gasteiger partial charge in [0.2, 0.25) is 0 Å². The van der Waals surface area contributed by atoms with Gasteiger partial charge in [-0.3, -0.25) is 13.9 Å². The summed E-state index contributed by atoms with van der Waals surface area (Å²) in [6, 6.07) is 5.62. The van der Waals surface area contributed by atoms with Gasteiger partial charge in [0.05, 0.1) is 12.1 Å². The molecular formula is C15H12FN3O3S. The maximum Gasteiger partial charge on any atom is 0.331 e. The van der Waals surface area contributed by atoms with Crippen LogP contribution in [0, 0.1) is 5.82 Å². The van der Waals surface area contributed by atoms with Gasteiger partial charge in [-0.1, -0.05) is 6.07 Å². The molecule has 0 saturated carbocycles. The Morgan fingerprint density at radius 3 is 2.87 bits per heavy atom. The number of aromatic nitrogens is 3. The third-order valence-electron chi connectivity index (χ3n) is 3.35. The highest BCUT2D eigenvalue weighted by Gasteiger charge is 2.13. The second kappa shape index (κ2) is 5.81. The summed E-state index contributed by atoms with van der Waals surface area (Å²) in [5.74, 6) is -1.17. The quantitative estimate of drug-likeness (QED) is 0.789. The molecule has 1 aromatic carbocycles. The minimum Gasteiger partial charge on any atom is -0.505 e. The van der Waals surface area contributed by atoms with E-state index in [0.717, 1.165) is 9.44 Å². The Kier molecular flexibility index (Phi) is 3.83. The molecule has 3 aromatic rings. The van der Waals surface area contributed by atoms with Crippen molar-refractivity contribution in [1.29, 1.82) is 0 Å². The molecule has 0 bridgehead atoms. The molecule has 0 unspecified atom stereocenters. The number of hydrogen-bond donors (Lipinski definition) is 1. The van der Waals surface area contributed by atoms with E-state index >= 15 is 0 Å². The lowest BCUT2D eigenvalue weighted by atomic mass is 10.2. The van der Waals surface area contributed by atoms with Crippen molar-refractivity contribution in [3.63, 3.8) is 0 Å². The molecule has 0 aliphatic carbocycles. The van der Waals surface area contributed by atoms with Crippen LogP contribution in [0.5, 0.6) is 5.75 Å². The first-order valence-electron chi connectivity index (χ1n) is 6.66. The molecular weight excluding hydrogens is 321 g/mol. The van der Waals surface area contributed by atoms with Gasteiger partial charge in [0, 0.05) is 30.4 Å². The molecule has 0 radical (unpaired) electrons. The van der Waals surface area contributed by atoms with Crippen molar-refractivity contribution >= 4 is 11.3 Å². The largest absolute Gasteiger partial charge is 0.505 e. The molecule has 118 valence electrons. The van der Waals surface area contributed by atoms with E-state index in [1.807, 2.05) is 0 Å². The molecule has 2 aromatic heterocycles. The summed E-state index contributed by atoms with van der Waals surface area (Å²) in [4.78, 5) is 28.2. The minimum atomic E-state index is -0.729. The van der Waals surface area contributed by atoms with Gasteiger partial charge in [0.1, 0.15) is 5.01 Å². The number of phenols is 1. The number of halogens is 1. The van der Waals surface area contributed by atoms with Crippen LogP contribution in [0.25, 0.3) is 10.6 Å². The summed E-state index contributed by atoms with van der Waals surface area (Å²) in [5, 5.41) is 9.83. The standard InChI is InChI=1S/C15H12FN3O3S/c1-18-12(21)5-6-19(15(18)22)8-9-7-17-14(23-9)10-3-2-4-11(20)13(10)16/h2-7,20H,8H2,1H3. The maximum atomic E-state index is 13.9. The number of hydrogen-bond acceptors (Lipinski definition) is 5. The maximum absolute atomic E-state index is 13.9. The second-order valence-electron chi connectivity index (χ2n) is 4.89. The van der Waals surface area contributed by atoms with E-state index in [4.69, 9.17) is 0 Å². The van der Waals surface area contributed by atoms with Crippen molar-refractivity contribution in [3.05, 3.63) is 68.2 Å². The molecule has 0 aliphatic heterocycles. The molecule has 0 amide bonds. The topological polar surface area (TPSA) is 77.1 Å². The van der Waals surface area contributed by atoms with Crippen LogP contribution < -0.4 is 11.2 Å². The number of benzene rings is 1. The molecule has 23 heavy (non-hydrogen) atoms. The Labute approximate surface area is 133 Å². The van der Waals surface area contributed by atoms with Gasteiger partial charge in [-0.15, -0.1) is 11.3 Å². The van der Waals surface area contributed by atoms with Crippen LogP contribution in [-0.2, 0) is 13.6 Å². The molecule has 0 spiro atoms. The van der Waals surface area contributed by atoms with Crippen molar-refractivity contribution in [3.8, 4) is 16.3 Å². The van der Waals surface area contributed by atoms with Crippen LogP contribution in [0.4, 0.5) is 4.39 Å². The zero-order chi connectivity index (χ0) is 16.6. The third-order valence-corrected chi connectivity index (χ3v) is 4.36. The van der Waals surface area contributed by atoms with E-state index in [-0.39, 0.29) is 17.7 Å². The minimum absolute atomic E-state index is 0.203. The van der Waals surface area contributed by atoms with Crippen LogP contribution in [0.1, 0.15) is 4.88 Å². The number of phenolic OH excluding ortho intramolecular Hbond substituents is 1. The first kappa shape index (κ1) is 15.2. The van der Waals surface area contributed by atoms with E-state index < -0.39 is 17.3 Å². The van der Waals surface area contributed by atoms with Crippen LogP contribution in [0.15, 0.2) is 46.2 Å².